The third-order valence-electron chi connectivity index (χ3n) is 1.39. The van der Waals surface area contributed by atoms with Crippen LogP contribution in [0.2, 0.25) is 5.02 Å². The van der Waals surface area contributed by atoms with E-state index in [-0.39, 0.29) is 10.8 Å². The van der Waals surface area contributed by atoms with Crippen molar-refractivity contribution in [1.29, 1.82) is 0 Å². The normalized spacial score (nSPS) is 10.2. The predicted octanol–water partition coefficient (Wildman–Crippen LogP) is 1.34. The smallest absolute Gasteiger partial charge is 0.141 e. The molecule has 54 valence electrons. The first kappa shape index (κ1) is 7.76. The quantitative estimate of drug-likeness (QED) is 0.564. The molecular weight excluding hydrogens is 167 g/mol. The van der Waals surface area contributed by atoms with Gasteiger partial charge in [0.1, 0.15) is 5.82 Å². The average molecular weight is 175 g/mol. The summed E-state index contributed by atoms with van der Waals surface area (Å²) in [6.07, 6.45) is 0. The van der Waals surface area contributed by atoms with Crippen LogP contribution in [0.15, 0.2) is 18.2 Å². The van der Waals surface area contributed by atoms with Crippen molar-refractivity contribution in [3.63, 3.8) is 0 Å². The van der Waals surface area contributed by atoms with Crippen LogP contribution in [0.25, 0.3) is 0 Å². The maximum atomic E-state index is 12.5. The molecule has 0 spiro atoms. The number of hydrogen-bond donors (Lipinski definition) is 0. The SMILES string of the molecule is Fc1ccc(C[SiH3])cc1Cl. The summed E-state index contributed by atoms with van der Waals surface area (Å²) in [6.45, 7) is 0. The Morgan fingerprint density at radius 1 is 1.50 bits per heavy atom. The summed E-state index contributed by atoms with van der Waals surface area (Å²) >= 11 is 5.53. The molecule has 0 aliphatic heterocycles. The summed E-state index contributed by atoms with van der Waals surface area (Å²) < 4.78 is 12.5. The summed E-state index contributed by atoms with van der Waals surface area (Å²) in [7, 11) is 1.09. The minimum Gasteiger partial charge on any atom is -0.205 e. The lowest BCUT2D eigenvalue weighted by Crippen LogP contribution is -1.84. The van der Waals surface area contributed by atoms with Gasteiger partial charge in [0.25, 0.3) is 0 Å². The maximum absolute atomic E-state index is 12.5. The van der Waals surface area contributed by atoms with Crippen molar-refractivity contribution in [3.8, 4) is 0 Å². The Bertz CT molecular complexity index is 237. The van der Waals surface area contributed by atoms with E-state index < -0.39 is 0 Å². The number of benzene rings is 1. The molecule has 1 aromatic rings. The van der Waals surface area contributed by atoms with E-state index in [2.05, 4.69) is 0 Å². The molecule has 0 aromatic heterocycles. The zero-order chi connectivity index (χ0) is 7.56. The Kier molecular flexibility index (Phi) is 2.46. The Balaban J connectivity index is 3.04. The van der Waals surface area contributed by atoms with Crippen LogP contribution >= 0.6 is 11.6 Å². The summed E-state index contributed by atoms with van der Waals surface area (Å²) in [5.74, 6) is -0.333. The molecule has 0 N–H and O–H groups in total. The van der Waals surface area contributed by atoms with Crippen LogP contribution in [0, 0.1) is 5.82 Å². The molecule has 10 heavy (non-hydrogen) atoms. The van der Waals surface area contributed by atoms with Gasteiger partial charge in [-0.05, 0) is 23.7 Å². The molecule has 0 aliphatic carbocycles. The lowest BCUT2D eigenvalue weighted by molar-refractivity contribution is 0.628. The molecule has 0 unspecified atom stereocenters. The molecule has 0 radical (unpaired) electrons. The monoisotopic (exact) mass is 174 g/mol. The second kappa shape index (κ2) is 3.17. The molecule has 0 nitrogen and oxygen atoms in total. The summed E-state index contributed by atoms with van der Waals surface area (Å²) in [5, 5.41) is 0.230. The van der Waals surface area contributed by atoms with E-state index in [4.69, 9.17) is 11.6 Å². The highest BCUT2D eigenvalue weighted by molar-refractivity contribution is 6.30. The minimum atomic E-state index is -0.333. The minimum absolute atomic E-state index is 0.230. The van der Waals surface area contributed by atoms with E-state index in [1.54, 1.807) is 12.1 Å². The second-order valence-corrected chi connectivity index (χ2v) is 3.22. The Labute approximate surface area is 67.4 Å². The molecule has 0 fully saturated rings. The van der Waals surface area contributed by atoms with Gasteiger partial charge in [-0.25, -0.2) is 4.39 Å². The Morgan fingerprint density at radius 2 is 2.20 bits per heavy atom. The van der Waals surface area contributed by atoms with Crippen LogP contribution in [-0.4, -0.2) is 10.2 Å². The molecule has 0 saturated carbocycles. The molecule has 1 rings (SSSR count). The number of hydrogen-bond acceptors (Lipinski definition) is 0. The van der Waals surface area contributed by atoms with E-state index in [1.807, 2.05) is 0 Å². The van der Waals surface area contributed by atoms with Crippen molar-refractivity contribution in [2.75, 3.05) is 0 Å². The fourth-order valence-corrected chi connectivity index (χ4v) is 1.40. The van der Waals surface area contributed by atoms with Gasteiger partial charge >= 0.3 is 0 Å². The van der Waals surface area contributed by atoms with Gasteiger partial charge in [-0.15, -0.1) is 0 Å². The zero-order valence-corrected chi connectivity index (χ0v) is 8.45. The molecule has 1 aromatic carbocycles. The van der Waals surface area contributed by atoms with Crippen molar-refractivity contribution < 1.29 is 4.39 Å². The molecule has 0 amide bonds. The standard InChI is InChI=1S/C7H8ClFSi/c8-6-3-5(4-10)1-2-7(6)9/h1-3H,4H2,10H3. The van der Waals surface area contributed by atoms with E-state index in [0.717, 1.165) is 21.9 Å². The first-order valence-corrected chi connectivity index (χ1v) is 4.97. The highest BCUT2D eigenvalue weighted by Gasteiger charge is 1.97. The first-order valence-electron chi connectivity index (χ1n) is 3.18. The maximum Gasteiger partial charge on any atom is 0.141 e. The lowest BCUT2D eigenvalue weighted by atomic mass is 10.2. The van der Waals surface area contributed by atoms with E-state index >= 15 is 0 Å². The molecule has 0 atom stereocenters. The van der Waals surface area contributed by atoms with E-state index in [1.165, 1.54) is 6.07 Å². The van der Waals surface area contributed by atoms with E-state index in [0.29, 0.717) is 0 Å². The number of halogens is 2. The topological polar surface area (TPSA) is 0 Å². The van der Waals surface area contributed by atoms with Gasteiger partial charge in [0.05, 0.1) is 5.02 Å². The second-order valence-electron chi connectivity index (χ2n) is 2.10. The molecular formula is C7H8ClFSi. The number of rotatable bonds is 1. The highest BCUT2D eigenvalue weighted by atomic mass is 35.5. The fraction of sp³-hybridized carbons (Fsp3) is 0.143. The van der Waals surface area contributed by atoms with Crippen LogP contribution < -0.4 is 0 Å². The van der Waals surface area contributed by atoms with Crippen molar-refractivity contribution in [2.24, 2.45) is 0 Å². The van der Waals surface area contributed by atoms with Gasteiger partial charge in [0.2, 0.25) is 0 Å². The van der Waals surface area contributed by atoms with Gasteiger partial charge in [0, 0.05) is 10.2 Å². The average Bonchev–Trinajstić information content (AvgIpc) is 1.95. The predicted molar refractivity (Wildman–Crippen MR) is 45.1 cm³/mol. The van der Waals surface area contributed by atoms with Gasteiger partial charge < -0.3 is 0 Å². The van der Waals surface area contributed by atoms with Crippen LogP contribution in [-0.2, 0) is 6.04 Å². The third-order valence-corrected chi connectivity index (χ3v) is 2.50. The van der Waals surface area contributed by atoms with Gasteiger partial charge in [0.15, 0.2) is 0 Å². The van der Waals surface area contributed by atoms with Crippen LogP contribution in [0.3, 0.4) is 0 Å². The lowest BCUT2D eigenvalue weighted by Gasteiger charge is -1.96. The van der Waals surface area contributed by atoms with Gasteiger partial charge in [-0.2, -0.15) is 0 Å². The van der Waals surface area contributed by atoms with Crippen molar-refractivity contribution >= 4 is 21.8 Å². The van der Waals surface area contributed by atoms with Crippen LogP contribution in [0.5, 0.6) is 0 Å². The van der Waals surface area contributed by atoms with Crippen LogP contribution in [0.1, 0.15) is 5.56 Å². The zero-order valence-electron chi connectivity index (χ0n) is 5.70. The molecule has 0 aliphatic rings. The summed E-state index contributed by atoms with van der Waals surface area (Å²) in [6, 6.07) is 5.90. The third kappa shape index (κ3) is 1.58. The first-order chi connectivity index (χ1) is 4.74. The van der Waals surface area contributed by atoms with Crippen molar-refractivity contribution in [2.45, 2.75) is 6.04 Å². The Hall–Kier alpha value is -0.343. The van der Waals surface area contributed by atoms with Crippen LogP contribution in [0.4, 0.5) is 4.39 Å². The van der Waals surface area contributed by atoms with Gasteiger partial charge in [-0.3, -0.25) is 0 Å². The van der Waals surface area contributed by atoms with Gasteiger partial charge in [-0.1, -0.05) is 17.7 Å². The van der Waals surface area contributed by atoms with E-state index in [9.17, 15) is 4.39 Å². The fourth-order valence-electron chi connectivity index (χ4n) is 0.760. The molecule has 3 heteroatoms. The summed E-state index contributed by atoms with van der Waals surface area (Å²) in [5.41, 5.74) is 1.12. The largest absolute Gasteiger partial charge is 0.205 e. The molecule has 0 heterocycles. The molecule has 0 saturated heterocycles. The van der Waals surface area contributed by atoms with Crippen molar-refractivity contribution in [3.05, 3.63) is 34.6 Å². The molecule has 0 bridgehead atoms. The Morgan fingerprint density at radius 3 is 2.70 bits per heavy atom. The van der Waals surface area contributed by atoms with Crippen molar-refractivity contribution in [1.82, 2.24) is 0 Å². The summed E-state index contributed by atoms with van der Waals surface area (Å²) in [4.78, 5) is 0. The highest BCUT2D eigenvalue weighted by Crippen LogP contribution is 2.15.